The van der Waals surface area contributed by atoms with Gasteiger partial charge >= 0.3 is 0 Å². The van der Waals surface area contributed by atoms with E-state index in [9.17, 15) is 5.26 Å². The largest absolute Gasteiger partial charge is 0.397 e. The molecule has 4 heteroatoms. The third kappa shape index (κ3) is 2.65. The highest BCUT2D eigenvalue weighted by molar-refractivity contribution is 5.59. The third-order valence-electron chi connectivity index (χ3n) is 4.63. The molecule has 2 rings (SSSR count). The van der Waals surface area contributed by atoms with Crippen molar-refractivity contribution in [2.45, 2.75) is 39.5 Å². The van der Waals surface area contributed by atoms with E-state index in [0.717, 1.165) is 18.9 Å². The zero-order valence-corrected chi connectivity index (χ0v) is 11.8. The summed E-state index contributed by atoms with van der Waals surface area (Å²) in [4.78, 5) is 6.57. The Morgan fingerprint density at radius 1 is 1.37 bits per heavy atom. The highest BCUT2D eigenvalue weighted by Gasteiger charge is 2.32. The molecule has 102 valence electrons. The Bertz CT molecular complexity index is 475. The maximum atomic E-state index is 9.20. The fraction of sp³-hybridized carbons (Fsp3) is 0.600. The Hall–Kier alpha value is -1.76. The number of hydrogen-bond acceptors (Lipinski definition) is 4. The molecule has 0 spiro atoms. The van der Waals surface area contributed by atoms with Gasteiger partial charge in [-0.05, 0) is 24.3 Å². The van der Waals surface area contributed by atoms with Crippen molar-refractivity contribution in [1.29, 1.82) is 5.26 Å². The third-order valence-corrected chi connectivity index (χ3v) is 4.63. The lowest BCUT2D eigenvalue weighted by Gasteiger charge is -2.41. The number of piperidine rings is 1. The van der Waals surface area contributed by atoms with Crippen molar-refractivity contribution in [3.05, 3.63) is 17.8 Å². The Labute approximate surface area is 115 Å². The van der Waals surface area contributed by atoms with Crippen molar-refractivity contribution in [1.82, 2.24) is 4.98 Å². The van der Waals surface area contributed by atoms with Gasteiger partial charge in [-0.1, -0.05) is 26.7 Å². The summed E-state index contributed by atoms with van der Waals surface area (Å²) in [5.41, 5.74) is 7.30. The van der Waals surface area contributed by atoms with Crippen LogP contribution < -0.4 is 10.6 Å². The molecule has 1 fully saturated rings. The van der Waals surface area contributed by atoms with Crippen molar-refractivity contribution in [2.24, 2.45) is 5.41 Å². The van der Waals surface area contributed by atoms with E-state index in [2.05, 4.69) is 29.8 Å². The van der Waals surface area contributed by atoms with Crippen LogP contribution in [-0.2, 0) is 0 Å². The van der Waals surface area contributed by atoms with Gasteiger partial charge in [0.25, 0.3) is 0 Å². The van der Waals surface area contributed by atoms with Crippen LogP contribution in [0.2, 0.25) is 0 Å². The highest BCUT2D eigenvalue weighted by atomic mass is 15.2. The molecule has 2 heterocycles. The zero-order valence-electron chi connectivity index (χ0n) is 11.8. The van der Waals surface area contributed by atoms with E-state index in [-0.39, 0.29) is 0 Å². The summed E-state index contributed by atoms with van der Waals surface area (Å²) in [6.45, 7) is 6.52. The minimum atomic E-state index is 0.483. The van der Waals surface area contributed by atoms with Gasteiger partial charge in [0, 0.05) is 13.1 Å². The second kappa shape index (κ2) is 5.48. The SMILES string of the molecule is CCC1(CC)CCN(c2ncc(N)cc2C#N)CC1. The molecule has 1 aromatic rings. The number of rotatable bonds is 3. The molecule has 0 radical (unpaired) electrons. The van der Waals surface area contributed by atoms with Crippen LogP contribution in [0, 0.1) is 16.7 Å². The van der Waals surface area contributed by atoms with Gasteiger partial charge in [0.2, 0.25) is 0 Å². The van der Waals surface area contributed by atoms with Crippen molar-refractivity contribution in [3.63, 3.8) is 0 Å². The molecule has 0 aromatic carbocycles. The van der Waals surface area contributed by atoms with Crippen molar-refractivity contribution in [3.8, 4) is 6.07 Å². The lowest BCUT2D eigenvalue weighted by Crippen LogP contribution is -2.40. The van der Waals surface area contributed by atoms with Crippen LogP contribution in [-0.4, -0.2) is 18.1 Å². The summed E-state index contributed by atoms with van der Waals surface area (Å²) < 4.78 is 0. The van der Waals surface area contributed by atoms with Gasteiger partial charge < -0.3 is 10.6 Å². The molecule has 0 aliphatic carbocycles. The average molecular weight is 258 g/mol. The molecule has 0 saturated carbocycles. The molecule has 2 N–H and O–H groups in total. The number of pyridine rings is 1. The van der Waals surface area contributed by atoms with Gasteiger partial charge in [0.1, 0.15) is 11.9 Å². The van der Waals surface area contributed by atoms with Crippen molar-refractivity contribution < 1.29 is 0 Å². The fourth-order valence-corrected chi connectivity index (χ4v) is 2.96. The van der Waals surface area contributed by atoms with Gasteiger partial charge in [0.15, 0.2) is 0 Å². The molecule has 0 amide bonds. The summed E-state index contributed by atoms with van der Waals surface area (Å²) >= 11 is 0. The van der Waals surface area contributed by atoms with Crippen LogP contribution >= 0.6 is 0 Å². The second-order valence-corrected chi connectivity index (χ2v) is 5.45. The summed E-state index contributed by atoms with van der Waals surface area (Å²) in [5, 5.41) is 9.20. The Kier molecular flexibility index (Phi) is 3.94. The number of nitriles is 1. The Morgan fingerprint density at radius 2 is 2.00 bits per heavy atom. The first-order valence-electron chi connectivity index (χ1n) is 7.04. The zero-order chi connectivity index (χ0) is 13.9. The summed E-state index contributed by atoms with van der Waals surface area (Å²) in [6.07, 6.45) is 6.46. The van der Waals surface area contributed by atoms with Crippen LogP contribution in [0.5, 0.6) is 0 Å². The van der Waals surface area contributed by atoms with Crippen LogP contribution in [0.25, 0.3) is 0 Å². The van der Waals surface area contributed by atoms with Gasteiger partial charge in [-0.3, -0.25) is 0 Å². The van der Waals surface area contributed by atoms with E-state index in [4.69, 9.17) is 5.73 Å². The molecule has 1 aromatic heterocycles. The van der Waals surface area contributed by atoms with Gasteiger partial charge in [-0.15, -0.1) is 0 Å². The highest BCUT2D eigenvalue weighted by Crippen LogP contribution is 2.39. The monoisotopic (exact) mass is 258 g/mol. The van der Waals surface area contributed by atoms with E-state index >= 15 is 0 Å². The molecule has 1 aliphatic heterocycles. The number of hydrogen-bond donors (Lipinski definition) is 1. The van der Waals surface area contributed by atoms with Crippen LogP contribution in [0.3, 0.4) is 0 Å². The van der Waals surface area contributed by atoms with Crippen LogP contribution in [0.1, 0.15) is 45.1 Å². The second-order valence-electron chi connectivity index (χ2n) is 5.45. The lowest BCUT2D eigenvalue weighted by molar-refractivity contribution is 0.199. The summed E-state index contributed by atoms with van der Waals surface area (Å²) in [5.74, 6) is 0.789. The minimum Gasteiger partial charge on any atom is -0.397 e. The minimum absolute atomic E-state index is 0.483. The van der Waals surface area contributed by atoms with Crippen molar-refractivity contribution in [2.75, 3.05) is 23.7 Å². The number of nitrogens with two attached hydrogens (primary N) is 1. The van der Waals surface area contributed by atoms with Gasteiger partial charge in [-0.2, -0.15) is 5.26 Å². The van der Waals surface area contributed by atoms with E-state index in [1.807, 2.05) is 0 Å². The number of anilines is 2. The predicted octanol–water partition coefficient (Wildman–Crippen LogP) is 2.94. The maximum absolute atomic E-state index is 9.20. The molecular weight excluding hydrogens is 236 g/mol. The normalized spacial score (nSPS) is 18.1. The Morgan fingerprint density at radius 3 is 2.53 bits per heavy atom. The van der Waals surface area contributed by atoms with E-state index < -0.39 is 0 Å². The number of nitrogens with zero attached hydrogens (tertiary/aromatic N) is 3. The predicted molar refractivity (Wildman–Crippen MR) is 77.8 cm³/mol. The quantitative estimate of drug-likeness (QED) is 0.905. The first kappa shape index (κ1) is 13.7. The topological polar surface area (TPSA) is 65.9 Å². The van der Waals surface area contributed by atoms with Crippen molar-refractivity contribution >= 4 is 11.5 Å². The lowest BCUT2D eigenvalue weighted by atomic mass is 9.74. The summed E-state index contributed by atoms with van der Waals surface area (Å²) in [6, 6.07) is 3.91. The average Bonchev–Trinajstić information content (AvgIpc) is 2.47. The molecule has 0 bridgehead atoms. The molecule has 0 atom stereocenters. The standard InChI is InChI=1S/C15H22N4/c1-3-15(4-2)5-7-19(8-6-15)14-12(10-16)9-13(17)11-18-14/h9,11H,3-8,17H2,1-2H3. The van der Waals surface area contributed by atoms with E-state index in [1.54, 1.807) is 12.3 Å². The number of nitrogen functional groups attached to an aromatic ring is 1. The van der Waals surface area contributed by atoms with Gasteiger partial charge in [0.05, 0.1) is 17.4 Å². The molecule has 0 unspecified atom stereocenters. The summed E-state index contributed by atoms with van der Waals surface area (Å²) in [7, 11) is 0. The van der Waals surface area contributed by atoms with E-state index in [1.165, 1.54) is 25.7 Å². The van der Waals surface area contributed by atoms with Gasteiger partial charge in [-0.25, -0.2) is 4.98 Å². The fourth-order valence-electron chi connectivity index (χ4n) is 2.96. The smallest absolute Gasteiger partial charge is 0.146 e. The molecule has 4 nitrogen and oxygen atoms in total. The first-order valence-corrected chi connectivity index (χ1v) is 7.04. The molecule has 1 aliphatic rings. The van der Waals surface area contributed by atoms with Crippen LogP contribution in [0.4, 0.5) is 11.5 Å². The number of aromatic nitrogens is 1. The Balaban J connectivity index is 2.16. The van der Waals surface area contributed by atoms with Crippen LogP contribution in [0.15, 0.2) is 12.3 Å². The first-order chi connectivity index (χ1) is 9.14. The molecular formula is C15H22N4. The maximum Gasteiger partial charge on any atom is 0.146 e. The molecule has 19 heavy (non-hydrogen) atoms. The molecule has 1 saturated heterocycles. The van der Waals surface area contributed by atoms with E-state index in [0.29, 0.717) is 16.7 Å².